The van der Waals surface area contributed by atoms with Gasteiger partial charge in [0.1, 0.15) is 5.82 Å². The maximum absolute atomic E-state index is 11.8. The van der Waals surface area contributed by atoms with Crippen LogP contribution >= 0.6 is 15.9 Å². The Morgan fingerprint density at radius 1 is 1.62 bits per heavy atom. The Hall–Kier alpha value is -0.400. The molecule has 0 aromatic carbocycles. The van der Waals surface area contributed by atoms with Gasteiger partial charge in [0.2, 0.25) is 0 Å². The maximum atomic E-state index is 11.8. The highest BCUT2D eigenvalue weighted by Crippen LogP contribution is 2.08. The largest absolute Gasteiger partial charge is 0.337 e. The number of aryl methyl sites for hydroxylation is 2. The Labute approximate surface area is 104 Å². The van der Waals surface area contributed by atoms with Gasteiger partial charge in [-0.25, -0.2) is 18.1 Å². The van der Waals surface area contributed by atoms with Crippen LogP contribution in [0.5, 0.6) is 0 Å². The molecule has 0 saturated heterocycles. The molecule has 0 bridgehead atoms. The lowest BCUT2D eigenvalue weighted by Gasteiger charge is -2.08. The molecule has 1 aromatic rings. The van der Waals surface area contributed by atoms with E-state index in [0.717, 1.165) is 5.33 Å². The van der Waals surface area contributed by atoms with Crippen LogP contribution in [0.1, 0.15) is 12.7 Å². The van der Waals surface area contributed by atoms with Crippen molar-refractivity contribution in [3.8, 4) is 0 Å². The van der Waals surface area contributed by atoms with E-state index >= 15 is 0 Å². The van der Waals surface area contributed by atoms with Crippen LogP contribution < -0.4 is 4.72 Å². The fraction of sp³-hybridized carbons (Fsp3) is 0.667. The van der Waals surface area contributed by atoms with Crippen LogP contribution in [0.15, 0.2) is 11.2 Å². The Morgan fingerprint density at radius 3 is 2.69 bits per heavy atom. The van der Waals surface area contributed by atoms with Crippen molar-refractivity contribution in [2.45, 2.75) is 18.9 Å². The highest BCUT2D eigenvalue weighted by atomic mass is 79.9. The summed E-state index contributed by atoms with van der Waals surface area (Å²) >= 11 is 3.30. The van der Waals surface area contributed by atoms with Crippen LogP contribution in [0.25, 0.3) is 0 Å². The molecule has 0 saturated carbocycles. The van der Waals surface area contributed by atoms with E-state index in [0.29, 0.717) is 12.4 Å². The molecule has 0 radical (unpaired) electrons. The molecule has 1 heterocycles. The summed E-state index contributed by atoms with van der Waals surface area (Å²) in [4.78, 5) is 3.99. The van der Waals surface area contributed by atoms with E-state index in [4.69, 9.17) is 0 Å². The van der Waals surface area contributed by atoms with Gasteiger partial charge in [-0.15, -0.1) is 0 Å². The van der Waals surface area contributed by atoms with Gasteiger partial charge >= 0.3 is 0 Å². The van der Waals surface area contributed by atoms with E-state index < -0.39 is 10.0 Å². The van der Waals surface area contributed by atoms with Gasteiger partial charge in [-0.2, -0.15) is 0 Å². The first kappa shape index (κ1) is 13.7. The highest BCUT2D eigenvalue weighted by Gasteiger charge is 2.18. The third-order valence-corrected chi connectivity index (χ3v) is 4.65. The van der Waals surface area contributed by atoms with Crippen molar-refractivity contribution < 1.29 is 8.42 Å². The summed E-state index contributed by atoms with van der Waals surface area (Å²) in [7, 11) is -1.70. The number of aromatic nitrogens is 2. The number of halogens is 1. The second-order valence-electron chi connectivity index (χ2n) is 3.85. The molecule has 0 aliphatic carbocycles. The minimum Gasteiger partial charge on any atom is -0.337 e. The van der Waals surface area contributed by atoms with Gasteiger partial charge in [0.25, 0.3) is 10.0 Å². The van der Waals surface area contributed by atoms with Crippen molar-refractivity contribution in [1.29, 1.82) is 0 Å². The molecule has 0 spiro atoms. The summed E-state index contributed by atoms with van der Waals surface area (Å²) in [5.74, 6) is 0.925. The SMILES string of the molecule is Cc1nc(S(=O)(=O)NCC(C)CBr)cn1C. The van der Waals surface area contributed by atoms with Crippen LogP contribution in [0, 0.1) is 12.8 Å². The fourth-order valence-corrected chi connectivity index (χ4v) is 2.47. The molecule has 0 amide bonds. The minimum absolute atomic E-state index is 0.0780. The Bertz CT molecular complexity index is 436. The fourth-order valence-electron chi connectivity index (χ4n) is 1.04. The summed E-state index contributed by atoms with van der Waals surface area (Å²) in [6, 6.07) is 0. The van der Waals surface area contributed by atoms with Gasteiger partial charge in [0.05, 0.1) is 0 Å². The molecule has 1 aromatic heterocycles. The number of hydrogen-bond donors (Lipinski definition) is 1. The predicted octanol–water partition coefficient (Wildman–Crippen LogP) is 1.04. The number of nitrogens with one attached hydrogen (secondary N) is 1. The molecule has 7 heteroatoms. The van der Waals surface area contributed by atoms with Crippen molar-refractivity contribution >= 4 is 26.0 Å². The van der Waals surface area contributed by atoms with Gasteiger partial charge in [-0.3, -0.25) is 0 Å². The number of imidazole rings is 1. The summed E-state index contributed by atoms with van der Waals surface area (Å²) in [6.45, 7) is 4.13. The second-order valence-corrected chi connectivity index (χ2v) is 6.21. The minimum atomic E-state index is -3.47. The van der Waals surface area contributed by atoms with Crippen molar-refractivity contribution in [2.75, 3.05) is 11.9 Å². The number of alkyl halides is 1. The molecule has 16 heavy (non-hydrogen) atoms. The summed E-state index contributed by atoms with van der Waals surface area (Å²) in [5, 5.41) is 0.839. The number of hydrogen-bond acceptors (Lipinski definition) is 3. The lowest BCUT2D eigenvalue weighted by Crippen LogP contribution is -2.29. The van der Waals surface area contributed by atoms with Gasteiger partial charge in [0, 0.05) is 25.1 Å². The second kappa shape index (κ2) is 5.29. The lowest BCUT2D eigenvalue weighted by atomic mass is 10.2. The van der Waals surface area contributed by atoms with Crippen LogP contribution in [0.2, 0.25) is 0 Å². The van der Waals surface area contributed by atoms with Crippen molar-refractivity contribution in [2.24, 2.45) is 13.0 Å². The van der Waals surface area contributed by atoms with Crippen molar-refractivity contribution in [1.82, 2.24) is 14.3 Å². The van der Waals surface area contributed by atoms with Crippen molar-refractivity contribution in [3.63, 3.8) is 0 Å². The lowest BCUT2D eigenvalue weighted by molar-refractivity contribution is 0.560. The van der Waals surface area contributed by atoms with Gasteiger partial charge in [-0.05, 0) is 12.8 Å². The first-order valence-electron chi connectivity index (χ1n) is 4.92. The normalized spacial score (nSPS) is 14.0. The average Bonchev–Trinajstić information content (AvgIpc) is 2.56. The zero-order chi connectivity index (χ0) is 12.3. The number of nitrogens with zero attached hydrogens (tertiary/aromatic N) is 2. The standard InChI is InChI=1S/C9H16BrN3O2S/c1-7(4-10)5-11-16(14,15)9-6-13(3)8(2)12-9/h6-7,11H,4-5H2,1-3H3. The summed E-state index contributed by atoms with van der Waals surface area (Å²) in [6.07, 6.45) is 1.51. The van der Waals surface area contributed by atoms with Crippen molar-refractivity contribution in [3.05, 3.63) is 12.0 Å². The van der Waals surface area contributed by atoms with E-state index in [-0.39, 0.29) is 10.9 Å². The van der Waals surface area contributed by atoms with E-state index in [1.54, 1.807) is 18.5 Å². The van der Waals surface area contributed by atoms with E-state index in [1.165, 1.54) is 6.20 Å². The third kappa shape index (κ3) is 3.29. The molecule has 5 nitrogen and oxygen atoms in total. The van der Waals surface area contributed by atoms with Gasteiger partial charge in [0.15, 0.2) is 5.03 Å². The zero-order valence-electron chi connectivity index (χ0n) is 9.57. The molecular weight excluding hydrogens is 294 g/mol. The summed E-state index contributed by atoms with van der Waals surface area (Å²) in [5.41, 5.74) is 0. The quantitative estimate of drug-likeness (QED) is 0.827. The van der Waals surface area contributed by atoms with Gasteiger partial charge in [-0.1, -0.05) is 22.9 Å². The van der Waals surface area contributed by atoms with Crippen LogP contribution in [-0.2, 0) is 17.1 Å². The number of sulfonamides is 1. The van der Waals surface area contributed by atoms with Crippen LogP contribution in [0.4, 0.5) is 0 Å². The molecule has 0 aliphatic heterocycles. The number of rotatable bonds is 5. The predicted molar refractivity (Wildman–Crippen MR) is 66.1 cm³/mol. The van der Waals surface area contributed by atoms with Gasteiger partial charge < -0.3 is 4.57 Å². The Kier molecular flexibility index (Phi) is 4.52. The smallest absolute Gasteiger partial charge is 0.259 e. The molecule has 0 aliphatic rings. The first-order valence-corrected chi connectivity index (χ1v) is 7.53. The topological polar surface area (TPSA) is 64.0 Å². The van der Waals surface area contributed by atoms with E-state index in [9.17, 15) is 8.42 Å². The molecular formula is C9H16BrN3O2S. The average molecular weight is 310 g/mol. The first-order chi connectivity index (χ1) is 7.36. The van der Waals surface area contributed by atoms with Crippen LogP contribution in [-0.4, -0.2) is 29.8 Å². The molecule has 1 unspecified atom stereocenters. The molecule has 1 N–H and O–H groups in total. The Morgan fingerprint density at radius 2 is 2.25 bits per heavy atom. The third-order valence-electron chi connectivity index (χ3n) is 2.25. The zero-order valence-corrected chi connectivity index (χ0v) is 12.0. The molecule has 0 fully saturated rings. The maximum Gasteiger partial charge on any atom is 0.259 e. The molecule has 1 atom stereocenters. The Balaban J connectivity index is 2.78. The van der Waals surface area contributed by atoms with Crippen LogP contribution in [0.3, 0.4) is 0 Å². The van der Waals surface area contributed by atoms with E-state index in [2.05, 4.69) is 25.6 Å². The molecule has 92 valence electrons. The monoisotopic (exact) mass is 309 g/mol. The van der Waals surface area contributed by atoms with E-state index in [1.807, 2.05) is 6.92 Å². The molecule has 1 rings (SSSR count). The highest BCUT2D eigenvalue weighted by molar-refractivity contribution is 9.09. The summed E-state index contributed by atoms with van der Waals surface area (Å²) < 4.78 is 27.8.